The summed E-state index contributed by atoms with van der Waals surface area (Å²) >= 11 is 0. The molecule has 5 heteroatoms. The van der Waals surface area contributed by atoms with E-state index in [0.717, 1.165) is 36.9 Å². The zero-order valence-electron chi connectivity index (χ0n) is 13.6. The van der Waals surface area contributed by atoms with Gasteiger partial charge in [0.2, 0.25) is 0 Å². The third kappa shape index (κ3) is 2.18. The first-order valence-electron chi connectivity index (χ1n) is 8.32. The minimum atomic E-state index is -3.69. The normalized spacial score (nSPS) is 19.0. The molecule has 0 bridgehead atoms. The summed E-state index contributed by atoms with van der Waals surface area (Å²) in [5.74, 6) is -0.386. The van der Waals surface area contributed by atoms with Crippen LogP contribution in [0.15, 0.2) is 47.4 Å². The minimum Gasteiger partial charge on any atom is -0.265 e. The second-order valence-electron chi connectivity index (χ2n) is 6.93. The molecule has 4 rings (SSSR count). The van der Waals surface area contributed by atoms with Crippen LogP contribution in [-0.2, 0) is 15.4 Å². The van der Waals surface area contributed by atoms with Gasteiger partial charge in [-0.2, -0.15) is 0 Å². The fraction of sp³-hybridized carbons (Fsp3) is 0.368. The Balaban J connectivity index is 1.83. The van der Waals surface area contributed by atoms with Crippen molar-refractivity contribution in [1.29, 1.82) is 0 Å². The molecule has 2 aromatic rings. The number of benzene rings is 2. The lowest BCUT2D eigenvalue weighted by Crippen LogP contribution is -2.35. The molecule has 0 aromatic heterocycles. The summed E-state index contributed by atoms with van der Waals surface area (Å²) in [5, 5.41) is 0. The summed E-state index contributed by atoms with van der Waals surface area (Å²) in [5.41, 5.74) is 2.21. The largest absolute Gasteiger partial charge is 0.265 e. The second-order valence-corrected chi connectivity index (χ2v) is 8.79. The van der Waals surface area contributed by atoms with E-state index in [9.17, 15) is 12.8 Å². The predicted octanol–water partition coefficient (Wildman–Crippen LogP) is 4.15. The van der Waals surface area contributed by atoms with Gasteiger partial charge in [0.15, 0.2) is 0 Å². The predicted molar refractivity (Wildman–Crippen MR) is 92.3 cm³/mol. The standard InChI is InChI=1S/C19H20FNO2S/c1-14-12-15(8-9-17(14)20)24(22,23)21-13-19(10-4-5-11-19)16-6-2-3-7-18(16)21/h2-3,6-9,12H,4-5,10-11,13H2,1H3. The summed E-state index contributed by atoms with van der Waals surface area (Å²) in [4.78, 5) is 0.159. The molecular weight excluding hydrogens is 325 g/mol. The first kappa shape index (κ1) is 15.6. The number of nitrogens with zero attached hydrogens (tertiary/aromatic N) is 1. The summed E-state index contributed by atoms with van der Waals surface area (Å²) in [6.07, 6.45) is 4.33. The Morgan fingerprint density at radius 2 is 1.79 bits per heavy atom. The smallest absolute Gasteiger partial charge is 0.264 e. The fourth-order valence-electron chi connectivity index (χ4n) is 4.18. The van der Waals surface area contributed by atoms with Gasteiger partial charge >= 0.3 is 0 Å². The van der Waals surface area contributed by atoms with Gasteiger partial charge < -0.3 is 0 Å². The molecular formula is C19H20FNO2S. The van der Waals surface area contributed by atoms with Gasteiger partial charge in [0.25, 0.3) is 10.0 Å². The van der Waals surface area contributed by atoms with Crippen LogP contribution >= 0.6 is 0 Å². The van der Waals surface area contributed by atoms with Gasteiger partial charge in [0.1, 0.15) is 5.82 Å². The van der Waals surface area contributed by atoms with Gasteiger partial charge in [-0.25, -0.2) is 12.8 Å². The molecule has 1 heterocycles. The molecule has 0 amide bonds. The van der Waals surface area contributed by atoms with Crippen molar-refractivity contribution in [2.75, 3.05) is 10.8 Å². The molecule has 0 radical (unpaired) electrons. The highest BCUT2D eigenvalue weighted by Crippen LogP contribution is 2.51. The summed E-state index contributed by atoms with van der Waals surface area (Å²) < 4.78 is 41.5. The molecule has 1 aliphatic carbocycles. The van der Waals surface area contributed by atoms with Crippen molar-refractivity contribution in [3.8, 4) is 0 Å². The number of anilines is 1. The third-order valence-electron chi connectivity index (χ3n) is 5.47. The number of para-hydroxylation sites is 1. The molecule has 2 aromatic carbocycles. The van der Waals surface area contributed by atoms with Crippen LogP contribution < -0.4 is 4.31 Å². The van der Waals surface area contributed by atoms with Gasteiger partial charge in [-0.1, -0.05) is 31.0 Å². The summed E-state index contributed by atoms with van der Waals surface area (Å²) in [6.45, 7) is 2.08. The van der Waals surface area contributed by atoms with Crippen molar-refractivity contribution in [3.63, 3.8) is 0 Å². The molecule has 0 unspecified atom stereocenters. The number of hydrogen-bond acceptors (Lipinski definition) is 2. The number of hydrogen-bond donors (Lipinski definition) is 0. The highest BCUT2D eigenvalue weighted by molar-refractivity contribution is 7.92. The Morgan fingerprint density at radius 3 is 2.50 bits per heavy atom. The van der Waals surface area contributed by atoms with Gasteiger partial charge in [-0.15, -0.1) is 0 Å². The van der Waals surface area contributed by atoms with Crippen LogP contribution in [0.2, 0.25) is 0 Å². The topological polar surface area (TPSA) is 37.4 Å². The Hall–Kier alpha value is -1.88. The molecule has 3 nitrogen and oxygen atoms in total. The Labute approximate surface area is 142 Å². The van der Waals surface area contributed by atoms with E-state index in [1.807, 2.05) is 18.2 Å². The average molecular weight is 345 g/mol. The van der Waals surface area contributed by atoms with E-state index in [-0.39, 0.29) is 16.1 Å². The maximum absolute atomic E-state index is 13.5. The van der Waals surface area contributed by atoms with Gasteiger partial charge in [0.05, 0.1) is 10.6 Å². The molecule has 0 atom stereocenters. The van der Waals surface area contributed by atoms with E-state index in [1.54, 1.807) is 6.92 Å². The molecule has 126 valence electrons. The molecule has 0 saturated heterocycles. The van der Waals surface area contributed by atoms with Crippen LogP contribution in [0.5, 0.6) is 0 Å². The highest BCUT2D eigenvalue weighted by atomic mass is 32.2. The number of sulfonamides is 1. The second kappa shape index (κ2) is 5.31. The summed E-state index contributed by atoms with van der Waals surface area (Å²) in [7, 11) is -3.69. The molecule has 1 aliphatic heterocycles. The van der Waals surface area contributed by atoms with E-state index >= 15 is 0 Å². The van der Waals surface area contributed by atoms with Gasteiger partial charge in [-0.05, 0) is 55.2 Å². The quantitative estimate of drug-likeness (QED) is 0.820. The molecule has 24 heavy (non-hydrogen) atoms. The first-order chi connectivity index (χ1) is 11.4. The molecule has 1 fully saturated rings. The van der Waals surface area contributed by atoms with Crippen molar-refractivity contribution in [1.82, 2.24) is 0 Å². The summed E-state index contributed by atoms with van der Waals surface area (Å²) in [6, 6.07) is 11.8. The minimum absolute atomic E-state index is 0.0568. The van der Waals surface area contributed by atoms with Gasteiger partial charge in [-0.3, -0.25) is 4.31 Å². The zero-order chi connectivity index (χ0) is 16.9. The maximum atomic E-state index is 13.5. The maximum Gasteiger partial charge on any atom is 0.264 e. The monoisotopic (exact) mass is 345 g/mol. The van der Waals surface area contributed by atoms with Crippen molar-refractivity contribution < 1.29 is 12.8 Å². The van der Waals surface area contributed by atoms with E-state index in [2.05, 4.69) is 6.07 Å². The van der Waals surface area contributed by atoms with E-state index < -0.39 is 10.0 Å². The highest BCUT2D eigenvalue weighted by Gasteiger charge is 2.47. The van der Waals surface area contributed by atoms with Crippen LogP contribution in [0.25, 0.3) is 0 Å². The lowest BCUT2D eigenvalue weighted by atomic mass is 9.81. The number of halogens is 1. The van der Waals surface area contributed by atoms with Crippen molar-refractivity contribution >= 4 is 15.7 Å². The van der Waals surface area contributed by atoms with Gasteiger partial charge in [0, 0.05) is 12.0 Å². The molecule has 1 saturated carbocycles. The van der Waals surface area contributed by atoms with Crippen molar-refractivity contribution in [2.45, 2.75) is 42.9 Å². The molecule has 0 N–H and O–H groups in total. The molecule has 1 spiro atoms. The first-order valence-corrected chi connectivity index (χ1v) is 9.76. The van der Waals surface area contributed by atoms with Crippen LogP contribution in [0, 0.1) is 12.7 Å². The lowest BCUT2D eigenvalue weighted by Gasteiger charge is -2.25. The van der Waals surface area contributed by atoms with Crippen LogP contribution in [-0.4, -0.2) is 15.0 Å². The van der Waals surface area contributed by atoms with E-state index in [1.165, 1.54) is 22.5 Å². The SMILES string of the molecule is Cc1cc(S(=O)(=O)N2CC3(CCCC3)c3ccccc32)ccc1F. The Kier molecular flexibility index (Phi) is 3.46. The zero-order valence-corrected chi connectivity index (χ0v) is 14.4. The Morgan fingerprint density at radius 1 is 1.08 bits per heavy atom. The van der Waals surface area contributed by atoms with E-state index in [4.69, 9.17) is 0 Å². The van der Waals surface area contributed by atoms with Crippen LogP contribution in [0.1, 0.15) is 36.8 Å². The number of rotatable bonds is 2. The number of fused-ring (bicyclic) bond motifs is 2. The van der Waals surface area contributed by atoms with Crippen LogP contribution in [0.4, 0.5) is 10.1 Å². The average Bonchev–Trinajstić information content (AvgIpc) is 3.17. The molecule has 2 aliphatic rings. The third-order valence-corrected chi connectivity index (χ3v) is 7.22. The fourth-order valence-corrected chi connectivity index (χ4v) is 5.84. The number of aryl methyl sites for hydroxylation is 1. The van der Waals surface area contributed by atoms with Crippen LogP contribution in [0.3, 0.4) is 0 Å². The van der Waals surface area contributed by atoms with Crippen molar-refractivity contribution in [3.05, 3.63) is 59.4 Å². The van der Waals surface area contributed by atoms with Crippen molar-refractivity contribution in [2.24, 2.45) is 0 Å². The Bertz CT molecular complexity index is 901. The lowest BCUT2D eigenvalue weighted by molar-refractivity contribution is 0.477. The van der Waals surface area contributed by atoms with E-state index in [0.29, 0.717) is 12.1 Å².